The van der Waals surface area contributed by atoms with Crippen LogP contribution in [0.3, 0.4) is 0 Å². The number of ether oxygens (including phenoxy) is 1. The molecule has 2 aromatic rings. The van der Waals surface area contributed by atoms with E-state index in [9.17, 15) is 0 Å². The highest BCUT2D eigenvalue weighted by molar-refractivity contribution is 5.38. The Hall–Kier alpha value is -1.92. The van der Waals surface area contributed by atoms with E-state index in [0.717, 1.165) is 32.0 Å². The molecule has 1 atom stereocenters. The Bertz CT molecular complexity index is 757. The van der Waals surface area contributed by atoms with Crippen molar-refractivity contribution < 1.29 is 4.74 Å². The van der Waals surface area contributed by atoms with Gasteiger partial charge in [0.1, 0.15) is 11.6 Å². The van der Waals surface area contributed by atoms with Crippen LogP contribution < -0.4 is 4.90 Å². The number of rotatable bonds is 7. The summed E-state index contributed by atoms with van der Waals surface area (Å²) >= 11 is 0. The minimum Gasteiger partial charge on any atom is -0.383 e. The summed E-state index contributed by atoms with van der Waals surface area (Å²) in [6, 6.07) is 4.34. The molecule has 0 unspecified atom stereocenters. The molecule has 2 aliphatic heterocycles. The molecule has 4 heterocycles. The van der Waals surface area contributed by atoms with Gasteiger partial charge in [0.15, 0.2) is 0 Å². The molecule has 152 valence electrons. The molecule has 6 nitrogen and oxygen atoms in total. The predicted molar refractivity (Wildman–Crippen MR) is 112 cm³/mol. The average molecular weight is 384 g/mol. The molecule has 1 saturated heterocycles. The monoisotopic (exact) mass is 383 g/mol. The van der Waals surface area contributed by atoms with Crippen molar-refractivity contribution in [2.75, 3.05) is 45.3 Å². The molecule has 0 radical (unpaired) electrons. The second-order valence-electron chi connectivity index (χ2n) is 8.23. The third kappa shape index (κ3) is 4.39. The van der Waals surface area contributed by atoms with E-state index >= 15 is 0 Å². The number of pyridine rings is 1. The summed E-state index contributed by atoms with van der Waals surface area (Å²) in [5.41, 5.74) is 2.73. The first-order valence-electron chi connectivity index (χ1n) is 10.7. The molecular weight excluding hydrogens is 350 g/mol. The number of nitrogens with zero attached hydrogens (tertiary/aromatic N) is 5. The van der Waals surface area contributed by atoms with E-state index in [1.807, 2.05) is 6.20 Å². The van der Waals surface area contributed by atoms with Gasteiger partial charge in [0.05, 0.1) is 6.61 Å². The minimum absolute atomic E-state index is 0.563. The van der Waals surface area contributed by atoms with E-state index in [1.54, 1.807) is 7.11 Å². The third-order valence-corrected chi connectivity index (χ3v) is 6.14. The maximum atomic E-state index is 5.15. The van der Waals surface area contributed by atoms with Crippen LogP contribution in [0.5, 0.6) is 0 Å². The van der Waals surface area contributed by atoms with Crippen LogP contribution in [0.1, 0.15) is 48.7 Å². The highest BCUT2D eigenvalue weighted by Gasteiger charge is 2.26. The normalized spacial score (nSPS) is 20.1. The van der Waals surface area contributed by atoms with E-state index in [4.69, 9.17) is 9.72 Å². The van der Waals surface area contributed by atoms with E-state index in [1.165, 1.54) is 55.7 Å². The van der Waals surface area contributed by atoms with Crippen molar-refractivity contribution in [3.63, 3.8) is 0 Å². The lowest BCUT2D eigenvalue weighted by molar-refractivity contribution is 0.194. The van der Waals surface area contributed by atoms with Crippen LogP contribution in [-0.2, 0) is 24.2 Å². The molecule has 1 fully saturated rings. The number of hydrogen-bond acceptors (Lipinski definition) is 5. The number of imidazole rings is 1. The predicted octanol–water partition coefficient (Wildman–Crippen LogP) is 3.08. The van der Waals surface area contributed by atoms with Gasteiger partial charge in [0.25, 0.3) is 0 Å². The Morgan fingerprint density at radius 2 is 2.07 bits per heavy atom. The van der Waals surface area contributed by atoms with Crippen LogP contribution in [0, 0.1) is 0 Å². The van der Waals surface area contributed by atoms with Gasteiger partial charge in [-0.3, -0.25) is 4.90 Å². The second-order valence-corrected chi connectivity index (χ2v) is 8.23. The number of piperidine rings is 1. The van der Waals surface area contributed by atoms with Crippen molar-refractivity contribution in [2.45, 2.75) is 51.1 Å². The van der Waals surface area contributed by atoms with Crippen LogP contribution in [-0.4, -0.2) is 59.8 Å². The van der Waals surface area contributed by atoms with Gasteiger partial charge in [-0.05, 0) is 50.3 Å². The number of anilines is 1. The molecule has 0 bridgehead atoms. The summed E-state index contributed by atoms with van der Waals surface area (Å²) in [4.78, 5) is 14.2. The lowest BCUT2D eigenvalue weighted by atomic mass is 9.96. The van der Waals surface area contributed by atoms with Gasteiger partial charge in [-0.25, -0.2) is 9.97 Å². The van der Waals surface area contributed by atoms with Gasteiger partial charge in [-0.2, -0.15) is 0 Å². The molecule has 0 aliphatic carbocycles. The third-order valence-electron chi connectivity index (χ3n) is 6.14. The van der Waals surface area contributed by atoms with Crippen LogP contribution in [0.25, 0.3) is 0 Å². The van der Waals surface area contributed by atoms with Crippen molar-refractivity contribution >= 4 is 5.82 Å². The van der Waals surface area contributed by atoms with Gasteiger partial charge < -0.3 is 14.2 Å². The largest absolute Gasteiger partial charge is 0.383 e. The molecule has 6 heteroatoms. The molecule has 0 aromatic carbocycles. The molecule has 2 aliphatic rings. The van der Waals surface area contributed by atoms with Crippen molar-refractivity contribution in [2.24, 2.45) is 0 Å². The van der Waals surface area contributed by atoms with Gasteiger partial charge in [0.2, 0.25) is 0 Å². The number of aryl methyl sites for hydroxylation is 1. The van der Waals surface area contributed by atoms with Crippen LogP contribution >= 0.6 is 0 Å². The summed E-state index contributed by atoms with van der Waals surface area (Å²) in [5.74, 6) is 2.89. The fourth-order valence-electron chi connectivity index (χ4n) is 4.53. The van der Waals surface area contributed by atoms with Crippen molar-refractivity contribution in [1.29, 1.82) is 0 Å². The number of fused-ring (bicyclic) bond motifs is 1. The zero-order chi connectivity index (χ0) is 19.3. The lowest BCUT2D eigenvalue weighted by Gasteiger charge is -2.33. The number of hydrogen-bond donors (Lipinski definition) is 0. The number of likely N-dealkylation sites (tertiary alicyclic amines) is 1. The number of likely N-dealkylation sites (N-methyl/N-ethyl adjacent to an activating group) is 1. The lowest BCUT2D eigenvalue weighted by Crippen LogP contribution is -2.35. The smallest absolute Gasteiger partial charge is 0.128 e. The molecule has 4 rings (SSSR count). The standard InChI is InChI=1S/C22H33N5O/c1-25(12-13-28-2)21-9-8-18(14-23-21)16-26-10-5-6-19(17-26)22-24-15-20-7-3-4-11-27(20)22/h8-9,14-15,19H,3-7,10-13,16-17H2,1-2H3/t19-/m1/s1. The van der Waals surface area contributed by atoms with Crippen molar-refractivity contribution in [3.05, 3.63) is 41.6 Å². The maximum Gasteiger partial charge on any atom is 0.128 e. The molecule has 0 N–H and O–H groups in total. The Kier molecular flexibility index (Phi) is 6.27. The molecule has 0 amide bonds. The first-order valence-corrected chi connectivity index (χ1v) is 10.7. The fraction of sp³-hybridized carbons (Fsp3) is 0.636. The molecule has 0 spiro atoms. The van der Waals surface area contributed by atoms with Crippen molar-refractivity contribution in [3.8, 4) is 0 Å². The summed E-state index contributed by atoms with van der Waals surface area (Å²) < 4.78 is 7.65. The highest BCUT2D eigenvalue weighted by atomic mass is 16.5. The summed E-state index contributed by atoms with van der Waals surface area (Å²) in [7, 11) is 3.79. The average Bonchev–Trinajstić information content (AvgIpc) is 3.17. The first kappa shape index (κ1) is 19.4. The SMILES string of the molecule is COCCN(C)c1ccc(CN2CCC[C@@H](c3ncc4n3CCCC4)C2)cn1. The second kappa shape index (κ2) is 9.05. The van der Waals surface area contributed by atoms with Crippen LogP contribution in [0.2, 0.25) is 0 Å². The fourth-order valence-corrected chi connectivity index (χ4v) is 4.53. The van der Waals surface area contributed by atoms with E-state index in [2.05, 4.69) is 44.7 Å². The number of aromatic nitrogens is 3. The Morgan fingerprint density at radius 1 is 1.14 bits per heavy atom. The molecular formula is C22H33N5O. The summed E-state index contributed by atoms with van der Waals surface area (Å²) in [5, 5.41) is 0. The van der Waals surface area contributed by atoms with Gasteiger partial charge >= 0.3 is 0 Å². The zero-order valence-electron chi connectivity index (χ0n) is 17.3. The van der Waals surface area contributed by atoms with Gasteiger partial charge in [-0.1, -0.05) is 6.07 Å². The Morgan fingerprint density at radius 3 is 2.89 bits per heavy atom. The zero-order valence-corrected chi connectivity index (χ0v) is 17.3. The van der Waals surface area contributed by atoms with Crippen LogP contribution in [0.4, 0.5) is 5.82 Å². The first-order chi connectivity index (χ1) is 13.7. The van der Waals surface area contributed by atoms with E-state index < -0.39 is 0 Å². The van der Waals surface area contributed by atoms with Gasteiger partial charge in [0, 0.05) is 64.3 Å². The number of methoxy groups -OCH3 is 1. The topological polar surface area (TPSA) is 46.4 Å². The van der Waals surface area contributed by atoms with E-state index in [-0.39, 0.29) is 0 Å². The Labute approximate surface area is 168 Å². The molecule has 28 heavy (non-hydrogen) atoms. The minimum atomic E-state index is 0.563. The van der Waals surface area contributed by atoms with Gasteiger partial charge in [-0.15, -0.1) is 0 Å². The summed E-state index contributed by atoms with van der Waals surface area (Å²) in [6.07, 6.45) is 10.5. The quantitative estimate of drug-likeness (QED) is 0.735. The Balaban J connectivity index is 1.37. The van der Waals surface area contributed by atoms with Crippen LogP contribution in [0.15, 0.2) is 24.5 Å². The van der Waals surface area contributed by atoms with E-state index in [0.29, 0.717) is 12.5 Å². The maximum absolute atomic E-state index is 5.15. The highest BCUT2D eigenvalue weighted by Crippen LogP contribution is 2.29. The molecule has 0 saturated carbocycles. The molecule has 2 aromatic heterocycles. The summed E-state index contributed by atoms with van der Waals surface area (Å²) in [6.45, 7) is 5.96. The van der Waals surface area contributed by atoms with Crippen molar-refractivity contribution in [1.82, 2.24) is 19.4 Å².